The number of ether oxygens (including phenoxy) is 1. The first-order valence-corrected chi connectivity index (χ1v) is 8.72. The van der Waals surface area contributed by atoms with Gasteiger partial charge in [-0.3, -0.25) is 4.79 Å². The van der Waals surface area contributed by atoms with Crippen LogP contribution in [0, 0.1) is 0 Å². The number of rotatable bonds is 9. The SMILES string of the molecule is O=C(Nc1ccccc1Oc1ccccc1)C(F)(F)C(F)(F)C(F)(F)C(F)(F)C(F)(F)C(F)F. The van der Waals surface area contributed by atoms with Crippen molar-refractivity contribution in [3.8, 4) is 11.5 Å². The first kappa shape index (κ1) is 27.1. The van der Waals surface area contributed by atoms with Crippen molar-refractivity contribution in [2.24, 2.45) is 0 Å². The van der Waals surface area contributed by atoms with Crippen molar-refractivity contribution in [2.75, 3.05) is 5.32 Å². The second kappa shape index (κ2) is 8.91. The zero-order valence-corrected chi connectivity index (χ0v) is 16.1. The standard InChI is InChI=1S/C19H11F12NO2/c20-13(21)15(22,23)17(26,27)19(30,31)18(28,29)16(24,25)14(33)32-11-8-4-5-9-12(11)34-10-6-2-1-3-7-10/h1-9,13H,(H,32,33). The summed E-state index contributed by atoms with van der Waals surface area (Å²) < 4.78 is 165. The third-order valence-electron chi connectivity index (χ3n) is 4.27. The molecule has 0 saturated carbocycles. The molecule has 0 atom stereocenters. The Morgan fingerprint density at radius 1 is 0.706 bits per heavy atom. The maximum atomic E-state index is 14.0. The number of nitrogens with one attached hydrogen (secondary N) is 1. The lowest BCUT2D eigenvalue weighted by Crippen LogP contribution is -2.70. The summed E-state index contributed by atoms with van der Waals surface area (Å²) in [6.07, 6.45) is -5.63. The second-order valence-corrected chi connectivity index (χ2v) is 6.59. The Morgan fingerprint density at radius 2 is 1.21 bits per heavy atom. The van der Waals surface area contributed by atoms with Gasteiger partial charge in [0.05, 0.1) is 5.69 Å². The van der Waals surface area contributed by atoms with E-state index < -0.39 is 53.4 Å². The van der Waals surface area contributed by atoms with Crippen molar-refractivity contribution in [3.05, 3.63) is 54.6 Å². The van der Waals surface area contributed by atoms with Crippen LogP contribution < -0.4 is 10.1 Å². The number of halogens is 12. The minimum Gasteiger partial charge on any atom is -0.455 e. The molecule has 0 aliphatic heterocycles. The van der Waals surface area contributed by atoms with Crippen LogP contribution in [0.2, 0.25) is 0 Å². The lowest BCUT2D eigenvalue weighted by Gasteiger charge is -2.38. The number of para-hydroxylation sites is 3. The van der Waals surface area contributed by atoms with Gasteiger partial charge in [0.2, 0.25) is 0 Å². The molecule has 0 unspecified atom stereocenters. The van der Waals surface area contributed by atoms with Gasteiger partial charge in [-0.2, -0.15) is 43.9 Å². The number of amides is 1. The molecular weight excluding hydrogens is 502 g/mol. The molecule has 0 aliphatic rings. The zero-order valence-electron chi connectivity index (χ0n) is 16.1. The Kier molecular flexibility index (Phi) is 7.10. The highest BCUT2D eigenvalue weighted by Gasteiger charge is 2.89. The van der Waals surface area contributed by atoms with Gasteiger partial charge in [-0.1, -0.05) is 30.3 Å². The molecule has 0 radical (unpaired) electrons. The number of alkyl halides is 12. The normalized spacial score (nSPS) is 13.7. The first-order valence-electron chi connectivity index (χ1n) is 8.72. The van der Waals surface area contributed by atoms with Crippen molar-refractivity contribution in [2.45, 2.75) is 36.0 Å². The highest BCUT2D eigenvalue weighted by atomic mass is 19.4. The van der Waals surface area contributed by atoms with Gasteiger partial charge in [-0.15, -0.1) is 0 Å². The highest BCUT2D eigenvalue weighted by molar-refractivity contribution is 5.98. The molecule has 3 nitrogen and oxygen atoms in total. The van der Waals surface area contributed by atoms with Crippen molar-refractivity contribution < 1.29 is 62.2 Å². The Balaban J connectivity index is 2.40. The first-order chi connectivity index (χ1) is 15.4. The van der Waals surface area contributed by atoms with Gasteiger partial charge in [0.25, 0.3) is 0 Å². The second-order valence-electron chi connectivity index (χ2n) is 6.59. The Hall–Kier alpha value is -3.13. The topological polar surface area (TPSA) is 38.3 Å². The largest absolute Gasteiger partial charge is 0.455 e. The van der Waals surface area contributed by atoms with E-state index >= 15 is 0 Å². The molecule has 15 heteroatoms. The summed E-state index contributed by atoms with van der Waals surface area (Å²) in [5.41, 5.74) is -0.834. The summed E-state index contributed by atoms with van der Waals surface area (Å²) in [5.74, 6) is -40.8. The van der Waals surface area contributed by atoms with Crippen molar-refractivity contribution >= 4 is 11.6 Å². The summed E-state index contributed by atoms with van der Waals surface area (Å²) in [7, 11) is 0. The van der Waals surface area contributed by atoms with E-state index in [4.69, 9.17) is 4.74 Å². The summed E-state index contributed by atoms with van der Waals surface area (Å²) >= 11 is 0. The molecule has 0 fully saturated rings. The van der Waals surface area contributed by atoms with Crippen LogP contribution in [-0.4, -0.2) is 41.9 Å². The fourth-order valence-corrected chi connectivity index (χ4v) is 2.36. The fraction of sp³-hybridized carbons (Fsp3) is 0.316. The molecule has 0 bridgehead atoms. The van der Waals surface area contributed by atoms with Gasteiger partial charge in [0.15, 0.2) is 5.75 Å². The quantitative estimate of drug-likeness (QED) is 0.372. The van der Waals surface area contributed by atoms with E-state index in [0.29, 0.717) is 0 Å². The molecule has 1 N–H and O–H groups in total. The predicted molar refractivity (Wildman–Crippen MR) is 92.3 cm³/mol. The van der Waals surface area contributed by atoms with Crippen LogP contribution in [0.5, 0.6) is 11.5 Å². The minimum atomic E-state index is -7.80. The molecule has 2 aromatic rings. The molecule has 0 aromatic heterocycles. The Bertz CT molecular complexity index is 1010. The lowest BCUT2D eigenvalue weighted by atomic mass is 9.94. The summed E-state index contributed by atoms with van der Waals surface area (Å²) in [5, 5.41) is 1.05. The minimum absolute atomic E-state index is 0.0293. The summed E-state index contributed by atoms with van der Waals surface area (Å²) in [6.45, 7) is 0. The van der Waals surface area contributed by atoms with E-state index in [1.54, 1.807) is 0 Å². The molecule has 2 aromatic carbocycles. The number of hydrogen-bond acceptors (Lipinski definition) is 2. The summed E-state index contributed by atoms with van der Waals surface area (Å²) in [4.78, 5) is 11.7. The molecule has 0 aliphatic carbocycles. The van der Waals surface area contributed by atoms with Crippen molar-refractivity contribution in [1.82, 2.24) is 0 Å². The van der Waals surface area contributed by atoms with Crippen LogP contribution in [-0.2, 0) is 4.79 Å². The third-order valence-corrected chi connectivity index (χ3v) is 4.27. The van der Waals surface area contributed by atoms with E-state index in [9.17, 15) is 57.5 Å². The van der Waals surface area contributed by atoms with Crippen molar-refractivity contribution in [3.63, 3.8) is 0 Å². The third kappa shape index (κ3) is 4.34. The van der Waals surface area contributed by atoms with Gasteiger partial charge < -0.3 is 10.1 Å². The fourth-order valence-electron chi connectivity index (χ4n) is 2.36. The average Bonchev–Trinajstić information content (AvgIpc) is 2.75. The number of hydrogen-bond donors (Lipinski definition) is 1. The molecule has 188 valence electrons. The highest BCUT2D eigenvalue weighted by Crippen LogP contribution is 2.58. The predicted octanol–water partition coefficient (Wildman–Crippen LogP) is 6.86. The average molecular weight is 513 g/mol. The van der Waals surface area contributed by atoms with Crippen LogP contribution >= 0.6 is 0 Å². The van der Waals surface area contributed by atoms with E-state index in [2.05, 4.69) is 0 Å². The molecular formula is C19H11F12NO2. The smallest absolute Gasteiger partial charge is 0.393 e. The molecule has 34 heavy (non-hydrogen) atoms. The maximum Gasteiger partial charge on any atom is 0.393 e. The van der Waals surface area contributed by atoms with Gasteiger partial charge in [0.1, 0.15) is 5.75 Å². The van der Waals surface area contributed by atoms with Crippen molar-refractivity contribution in [1.29, 1.82) is 0 Å². The van der Waals surface area contributed by atoms with Gasteiger partial charge in [0, 0.05) is 0 Å². The monoisotopic (exact) mass is 513 g/mol. The van der Waals surface area contributed by atoms with Crippen LogP contribution in [0.15, 0.2) is 54.6 Å². The number of anilines is 1. The van der Waals surface area contributed by atoms with Gasteiger partial charge in [-0.25, -0.2) is 8.78 Å². The number of carbonyl (C=O) groups is 1. The molecule has 0 spiro atoms. The van der Waals surface area contributed by atoms with Crippen LogP contribution in [0.3, 0.4) is 0 Å². The Labute approximate surface area is 182 Å². The van der Waals surface area contributed by atoms with Crippen LogP contribution in [0.1, 0.15) is 0 Å². The molecule has 1 amide bonds. The molecule has 0 saturated heterocycles. The van der Waals surface area contributed by atoms with E-state index in [0.717, 1.165) is 23.5 Å². The summed E-state index contributed by atoms with van der Waals surface area (Å²) in [6, 6.07) is 11.1. The van der Waals surface area contributed by atoms with E-state index in [1.165, 1.54) is 36.4 Å². The lowest BCUT2D eigenvalue weighted by molar-refractivity contribution is -0.406. The number of benzene rings is 2. The van der Waals surface area contributed by atoms with Gasteiger partial charge in [-0.05, 0) is 24.3 Å². The molecule has 2 rings (SSSR count). The Morgan fingerprint density at radius 3 is 1.74 bits per heavy atom. The van der Waals surface area contributed by atoms with Crippen LogP contribution in [0.4, 0.5) is 58.4 Å². The molecule has 0 heterocycles. The van der Waals surface area contributed by atoms with Gasteiger partial charge >= 0.3 is 41.9 Å². The zero-order chi connectivity index (χ0) is 26.2. The maximum absolute atomic E-state index is 14.0. The number of carbonyl (C=O) groups excluding carboxylic acids is 1. The van der Waals surface area contributed by atoms with Crippen LogP contribution in [0.25, 0.3) is 0 Å². The van der Waals surface area contributed by atoms with E-state index in [1.807, 2.05) is 0 Å². The van der Waals surface area contributed by atoms with E-state index in [-0.39, 0.29) is 5.75 Å².